The summed E-state index contributed by atoms with van der Waals surface area (Å²) < 4.78 is 1.14. The first kappa shape index (κ1) is 11.8. The molecule has 0 amide bonds. The van der Waals surface area contributed by atoms with Gasteiger partial charge >= 0.3 is 0 Å². The van der Waals surface area contributed by atoms with E-state index >= 15 is 0 Å². The molecule has 0 saturated carbocycles. The van der Waals surface area contributed by atoms with Gasteiger partial charge in [-0.25, -0.2) is 4.98 Å². The molecule has 0 bridgehead atoms. The molecule has 1 aromatic heterocycles. The Kier molecular flexibility index (Phi) is 3.74. The third kappa shape index (κ3) is 2.34. The second-order valence-corrected chi connectivity index (χ2v) is 5.38. The monoisotopic (exact) mass is 296 g/mol. The maximum Gasteiger partial charge on any atom is 0.114 e. The van der Waals surface area contributed by atoms with E-state index in [9.17, 15) is 0 Å². The molecule has 84 valence electrons. The molecule has 0 aliphatic carbocycles. The van der Waals surface area contributed by atoms with E-state index in [0.717, 1.165) is 9.48 Å². The first-order valence-electron chi connectivity index (χ1n) is 5.05. The van der Waals surface area contributed by atoms with Gasteiger partial charge in [-0.2, -0.15) is 0 Å². The third-order valence-electron chi connectivity index (χ3n) is 2.50. The largest absolute Gasteiger partial charge is 0.307 e. The van der Waals surface area contributed by atoms with Crippen LogP contribution in [0.25, 0.3) is 0 Å². The fraction of sp³-hybridized carbons (Fsp3) is 0.250. The molecular weight excluding hydrogens is 284 g/mol. The second kappa shape index (κ2) is 5.08. The minimum Gasteiger partial charge on any atom is -0.307 e. The second-order valence-electron chi connectivity index (χ2n) is 3.60. The van der Waals surface area contributed by atoms with Crippen LogP contribution >= 0.6 is 27.3 Å². The van der Waals surface area contributed by atoms with Gasteiger partial charge in [0.1, 0.15) is 5.01 Å². The fourth-order valence-corrected chi connectivity index (χ4v) is 2.68. The topological polar surface area (TPSA) is 24.9 Å². The summed E-state index contributed by atoms with van der Waals surface area (Å²) in [5, 5.41) is 6.41. The Bertz CT molecular complexity index is 468. The van der Waals surface area contributed by atoms with Crippen molar-refractivity contribution in [3.05, 3.63) is 50.4 Å². The van der Waals surface area contributed by atoms with Crippen molar-refractivity contribution in [1.29, 1.82) is 0 Å². The van der Waals surface area contributed by atoms with Gasteiger partial charge in [0.25, 0.3) is 0 Å². The summed E-state index contributed by atoms with van der Waals surface area (Å²) in [6, 6.07) is 6.58. The molecule has 1 aromatic carbocycles. The van der Waals surface area contributed by atoms with Crippen LogP contribution < -0.4 is 5.32 Å². The SMILES string of the molecule is CNC(c1ccc(Br)c(C)c1)c1nccs1. The predicted molar refractivity (Wildman–Crippen MR) is 71.9 cm³/mol. The molecule has 1 unspecified atom stereocenters. The lowest BCUT2D eigenvalue weighted by Crippen LogP contribution is -2.17. The predicted octanol–water partition coefficient (Wildman–Crippen LogP) is 3.52. The van der Waals surface area contributed by atoms with Crippen molar-refractivity contribution in [2.24, 2.45) is 0 Å². The van der Waals surface area contributed by atoms with Crippen molar-refractivity contribution in [3.8, 4) is 0 Å². The summed E-state index contributed by atoms with van der Waals surface area (Å²) >= 11 is 5.19. The maximum atomic E-state index is 4.36. The normalized spacial score (nSPS) is 12.7. The van der Waals surface area contributed by atoms with Crippen molar-refractivity contribution < 1.29 is 0 Å². The molecule has 1 heterocycles. The van der Waals surface area contributed by atoms with Crippen molar-refractivity contribution in [1.82, 2.24) is 10.3 Å². The van der Waals surface area contributed by atoms with Crippen LogP contribution in [-0.2, 0) is 0 Å². The molecule has 16 heavy (non-hydrogen) atoms. The van der Waals surface area contributed by atoms with E-state index < -0.39 is 0 Å². The number of halogens is 1. The molecule has 0 aliphatic heterocycles. The molecule has 0 saturated heterocycles. The Labute approximate surface area is 108 Å². The molecule has 2 aromatic rings. The molecule has 2 nitrogen and oxygen atoms in total. The molecule has 1 atom stereocenters. The van der Waals surface area contributed by atoms with Crippen LogP contribution in [-0.4, -0.2) is 12.0 Å². The minimum absolute atomic E-state index is 0.187. The Hall–Kier alpha value is -0.710. The van der Waals surface area contributed by atoms with Gasteiger partial charge in [0.05, 0.1) is 6.04 Å². The van der Waals surface area contributed by atoms with E-state index in [1.807, 2.05) is 18.6 Å². The molecule has 0 fully saturated rings. The highest BCUT2D eigenvalue weighted by Crippen LogP contribution is 2.26. The maximum absolute atomic E-state index is 4.36. The highest BCUT2D eigenvalue weighted by Gasteiger charge is 2.14. The summed E-state index contributed by atoms with van der Waals surface area (Å²) in [5.74, 6) is 0. The number of nitrogens with zero attached hydrogens (tertiary/aromatic N) is 1. The van der Waals surface area contributed by atoms with Crippen LogP contribution in [0.3, 0.4) is 0 Å². The molecule has 0 radical (unpaired) electrons. The zero-order valence-electron chi connectivity index (χ0n) is 9.20. The van der Waals surface area contributed by atoms with E-state index in [0.29, 0.717) is 0 Å². The van der Waals surface area contributed by atoms with Gasteiger partial charge < -0.3 is 5.32 Å². The lowest BCUT2D eigenvalue weighted by Gasteiger charge is -2.14. The highest BCUT2D eigenvalue weighted by atomic mass is 79.9. The van der Waals surface area contributed by atoms with E-state index in [1.165, 1.54) is 11.1 Å². The number of aromatic nitrogens is 1. The third-order valence-corrected chi connectivity index (χ3v) is 4.23. The standard InChI is InChI=1S/C12H13BrN2S/c1-8-7-9(3-4-10(8)13)11(14-2)12-15-5-6-16-12/h3-7,11,14H,1-2H3. The first-order valence-corrected chi connectivity index (χ1v) is 6.72. The van der Waals surface area contributed by atoms with E-state index in [-0.39, 0.29) is 6.04 Å². The number of nitrogens with one attached hydrogen (secondary N) is 1. The molecule has 0 spiro atoms. The summed E-state index contributed by atoms with van der Waals surface area (Å²) in [6.45, 7) is 2.10. The molecular formula is C12H13BrN2S. The molecule has 0 aliphatic rings. The number of hydrogen-bond donors (Lipinski definition) is 1. The highest BCUT2D eigenvalue weighted by molar-refractivity contribution is 9.10. The molecule has 4 heteroatoms. The van der Waals surface area contributed by atoms with Crippen LogP contribution in [0.15, 0.2) is 34.2 Å². The minimum atomic E-state index is 0.187. The Balaban J connectivity index is 2.37. The summed E-state index contributed by atoms with van der Waals surface area (Å²) in [5.41, 5.74) is 2.49. The van der Waals surface area contributed by atoms with Crippen molar-refractivity contribution in [3.63, 3.8) is 0 Å². The lowest BCUT2D eigenvalue weighted by atomic mass is 10.1. The molecule has 2 rings (SSSR count). The first-order chi connectivity index (χ1) is 7.72. The van der Waals surface area contributed by atoms with Crippen molar-refractivity contribution in [2.45, 2.75) is 13.0 Å². The van der Waals surface area contributed by atoms with Crippen LogP contribution in [0, 0.1) is 6.92 Å². The summed E-state index contributed by atoms with van der Waals surface area (Å²) in [6.07, 6.45) is 1.84. The Morgan fingerprint density at radius 2 is 2.25 bits per heavy atom. The van der Waals surface area contributed by atoms with Gasteiger partial charge in [0.15, 0.2) is 0 Å². The van der Waals surface area contributed by atoms with Crippen molar-refractivity contribution in [2.75, 3.05) is 7.05 Å². The Morgan fingerprint density at radius 1 is 1.44 bits per heavy atom. The van der Waals surface area contributed by atoms with E-state index in [1.54, 1.807) is 11.3 Å². The van der Waals surface area contributed by atoms with Crippen LogP contribution in [0.2, 0.25) is 0 Å². The van der Waals surface area contributed by atoms with Crippen LogP contribution in [0.1, 0.15) is 22.2 Å². The fourth-order valence-electron chi connectivity index (χ4n) is 1.66. The number of hydrogen-bond acceptors (Lipinski definition) is 3. The van der Waals surface area contributed by atoms with Gasteiger partial charge in [-0.1, -0.05) is 28.1 Å². The summed E-state index contributed by atoms with van der Waals surface area (Å²) in [7, 11) is 1.96. The number of thiazole rings is 1. The van der Waals surface area contributed by atoms with E-state index in [4.69, 9.17) is 0 Å². The molecule has 1 N–H and O–H groups in total. The number of rotatable bonds is 3. The van der Waals surface area contributed by atoms with Crippen molar-refractivity contribution >= 4 is 27.3 Å². The average molecular weight is 297 g/mol. The van der Waals surface area contributed by atoms with Gasteiger partial charge in [-0.3, -0.25) is 0 Å². The van der Waals surface area contributed by atoms with Crippen LogP contribution in [0.5, 0.6) is 0 Å². The Morgan fingerprint density at radius 3 is 2.81 bits per heavy atom. The van der Waals surface area contributed by atoms with Gasteiger partial charge in [0.2, 0.25) is 0 Å². The summed E-state index contributed by atoms with van der Waals surface area (Å²) in [4.78, 5) is 4.36. The number of aryl methyl sites for hydroxylation is 1. The smallest absolute Gasteiger partial charge is 0.114 e. The quantitative estimate of drug-likeness (QED) is 0.937. The zero-order valence-corrected chi connectivity index (χ0v) is 11.6. The van der Waals surface area contributed by atoms with E-state index in [2.05, 4.69) is 51.4 Å². The lowest BCUT2D eigenvalue weighted by molar-refractivity contribution is 0.686. The van der Waals surface area contributed by atoms with Crippen LogP contribution in [0.4, 0.5) is 0 Å². The van der Waals surface area contributed by atoms with Gasteiger partial charge in [0, 0.05) is 16.0 Å². The number of benzene rings is 1. The van der Waals surface area contributed by atoms with Gasteiger partial charge in [-0.05, 0) is 31.2 Å². The average Bonchev–Trinajstić information content (AvgIpc) is 2.78. The van der Waals surface area contributed by atoms with Gasteiger partial charge in [-0.15, -0.1) is 11.3 Å². The zero-order chi connectivity index (χ0) is 11.5.